The van der Waals surface area contributed by atoms with E-state index in [-0.39, 0.29) is 29.6 Å². The molecule has 0 saturated heterocycles. The summed E-state index contributed by atoms with van der Waals surface area (Å²) in [5.74, 6) is 1.56. The van der Waals surface area contributed by atoms with E-state index in [1.807, 2.05) is 81.2 Å². The van der Waals surface area contributed by atoms with Crippen molar-refractivity contribution in [1.29, 1.82) is 0 Å². The fourth-order valence-corrected chi connectivity index (χ4v) is 9.63. The highest BCUT2D eigenvalue weighted by Crippen LogP contribution is 2.44. The molecule has 214 valence electrons. The van der Waals surface area contributed by atoms with E-state index in [2.05, 4.69) is 70.3 Å². The molecule has 3 aromatic carbocycles. The molecule has 1 atom stereocenters. The van der Waals surface area contributed by atoms with Gasteiger partial charge in [0.25, 0.3) is 0 Å². The summed E-state index contributed by atoms with van der Waals surface area (Å²) in [5.41, 5.74) is -0.608. The Hall–Kier alpha value is -2.72. The Morgan fingerprint density at radius 3 is 1.48 bits per heavy atom. The number of ketones is 1. The van der Waals surface area contributed by atoms with Gasteiger partial charge < -0.3 is 9.16 Å². The minimum Gasteiger partial charge on any atom is -0.460 e. The van der Waals surface area contributed by atoms with Crippen LogP contribution in [0.4, 0.5) is 0 Å². The van der Waals surface area contributed by atoms with E-state index < -0.39 is 26.9 Å². The van der Waals surface area contributed by atoms with Crippen LogP contribution in [0.5, 0.6) is 0 Å². The highest BCUT2D eigenvalue weighted by atomic mass is 31.2. The highest BCUT2D eigenvalue weighted by Gasteiger charge is 2.40. The van der Waals surface area contributed by atoms with E-state index in [4.69, 9.17) is 9.16 Å². The zero-order valence-electron chi connectivity index (χ0n) is 25.3. The minimum atomic E-state index is -2.45. The molecule has 0 amide bonds. The van der Waals surface area contributed by atoms with E-state index in [0.717, 1.165) is 15.9 Å². The molecule has 0 radical (unpaired) electrons. The molecule has 0 saturated carbocycles. The van der Waals surface area contributed by atoms with Crippen molar-refractivity contribution in [2.45, 2.75) is 84.2 Å². The molecular weight excluding hydrogens is 531 g/mol. The van der Waals surface area contributed by atoms with Crippen molar-refractivity contribution < 1.29 is 18.8 Å². The van der Waals surface area contributed by atoms with Gasteiger partial charge in [0.15, 0.2) is 14.1 Å². The number of benzene rings is 3. The van der Waals surface area contributed by atoms with Gasteiger partial charge in [-0.2, -0.15) is 0 Å². The molecule has 0 fully saturated rings. The van der Waals surface area contributed by atoms with Gasteiger partial charge in [-0.15, -0.1) is 0 Å². The number of rotatable bonds is 10. The first-order chi connectivity index (χ1) is 18.6. The normalized spacial score (nSPS) is 13.4. The second-order valence-corrected chi connectivity index (χ2v) is 20.8. The third kappa shape index (κ3) is 8.16. The van der Waals surface area contributed by atoms with Crippen molar-refractivity contribution in [2.75, 3.05) is 0 Å². The lowest BCUT2D eigenvalue weighted by atomic mass is 10.1. The predicted molar refractivity (Wildman–Crippen MR) is 173 cm³/mol. The Kier molecular flexibility index (Phi) is 10.2. The molecule has 6 heteroatoms. The van der Waals surface area contributed by atoms with E-state index >= 15 is 0 Å². The number of hydrogen-bond acceptors (Lipinski definition) is 4. The first-order valence-electron chi connectivity index (χ1n) is 14.0. The Labute approximate surface area is 242 Å². The molecule has 40 heavy (non-hydrogen) atoms. The fraction of sp³-hybridized carbons (Fsp3) is 0.382. The summed E-state index contributed by atoms with van der Waals surface area (Å²) in [6.45, 7) is 13.9. The smallest absolute Gasteiger partial charge is 0.308 e. The third-order valence-corrected chi connectivity index (χ3v) is 15.9. The largest absolute Gasteiger partial charge is 0.460 e. The first-order valence-corrected chi connectivity index (χ1v) is 18.7. The van der Waals surface area contributed by atoms with Gasteiger partial charge in [0.1, 0.15) is 5.60 Å². The topological polar surface area (TPSA) is 52.6 Å². The predicted octanol–water partition coefficient (Wildman–Crippen LogP) is 6.86. The Morgan fingerprint density at radius 1 is 0.725 bits per heavy atom. The lowest BCUT2D eigenvalue weighted by Crippen LogP contribution is -2.45. The van der Waals surface area contributed by atoms with E-state index in [0.29, 0.717) is 0 Å². The van der Waals surface area contributed by atoms with E-state index in [1.54, 1.807) is 0 Å². The first kappa shape index (κ1) is 31.8. The number of esters is 1. The molecule has 0 N–H and O–H groups in total. The zero-order chi connectivity index (χ0) is 29.6. The lowest BCUT2D eigenvalue weighted by molar-refractivity contribution is -0.156. The molecular formula is C34H45O4PSi. The molecule has 3 rings (SSSR count). The summed E-state index contributed by atoms with van der Waals surface area (Å²) in [4.78, 5) is 27.1. The third-order valence-electron chi connectivity index (χ3n) is 7.34. The SMILES string of the molecule is CC(C)(C)OC(=O)C[C@@H](CC(=O)C=P(c1ccccc1)(c1ccccc1)c1ccccc1)O[Si](C)(C)C(C)(C)C. The van der Waals surface area contributed by atoms with E-state index in [1.165, 1.54) is 0 Å². The molecule has 0 aliphatic carbocycles. The molecule has 0 aromatic heterocycles. The number of carbonyl (C=O) groups is 2. The van der Waals surface area contributed by atoms with Crippen LogP contribution >= 0.6 is 6.89 Å². The summed E-state index contributed by atoms with van der Waals surface area (Å²) < 4.78 is 12.3. The van der Waals surface area contributed by atoms with E-state index in [9.17, 15) is 9.59 Å². The van der Waals surface area contributed by atoms with Crippen molar-refractivity contribution in [3.8, 4) is 0 Å². The maximum absolute atomic E-state index is 14.1. The van der Waals surface area contributed by atoms with Crippen LogP contribution in [0, 0.1) is 0 Å². The van der Waals surface area contributed by atoms with Crippen LogP contribution in [0.3, 0.4) is 0 Å². The monoisotopic (exact) mass is 576 g/mol. The van der Waals surface area contributed by atoms with Crippen LogP contribution in [0.2, 0.25) is 18.1 Å². The molecule has 0 aliphatic heterocycles. The second kappa shape index (κ2) is 12.8. The molecule has 4 nitrogen and oxygen atoms in total. The van der Waals surface area contributed by atoms with Crippen LogP contribution in [0.15, 0.2) is 91.0 Å². The average molecular weight is 577 g/mol. The minimum absolute atomic E-state index is 0.0304. The maximum atomic E-state index is 14.1. The quantitative estimate of drug-likeness (QED) is 0.150. The summed E-state index contributed by atoms with van der Waals surface area (Å²) in [5, 5.41) is 3.25. The van der Waals surface area contributed by atoms with Crippen LogP contribution in [0.25, 0.3) is 0 Å². The van der Waals surface area contributed by atoms with Crippen molar-refractivity contribution in [1.82, 2.24) is 0 Å². The number of hydrogen-bond donors (Lipinski definition) is 0. The summed E-state index contributed by atoms with van der Waals surface area (Å²) >= 11 is 0. The molecule has 0 aliphatic rings. The average Bonchev–Trinajstić information content (AvgIpc) is 2.86. The molecule has 0 unspecified atom stereocenters. The number of ether oxygens (including phenoxy) is 1. The summed E-state index contributed by atoms with van der Waals surface area (Å²) in [6.07, 6.45) is -0.416. The van der Waals surface area contributed by atoms with Gasteiger partial charge in [-0.1, -0.05) is 112 Å². The van der Waals surface area contributed by atoms with Gasteiger partial charge >= 0.3 is 5.97 Å². The van der Waals surface area contributed by atoms with Crippen LogP contribution in [0.1, 0.15) is 54.4 Å². The van der Waals surface area contributed by atoms with Crippen molar-refractivity contribution in [3.05, 3.63) is 91.0 Å². The van der Waals surface area contributed by atoms with Gasteiger partial charge in [0.05, 0.1) is 12.5 Å². The summed E-state index contributed by atoms with van der Waals surface area (Å²) in [6, 6.07) is 30.8. The van der Waals surface area contributed by atoms with Gasteiger partial charge in [-0.25, -0.2) is 0 Å². The molecule has 0 heterocycles. The maximum Gasteiger partial charge on any atom is 0.308 e. The molecule has 0 spiro atoms. The van der Waals surface area contributed by atoms with Crippen LogP contribution in [-0.2, 0) is 18.8 Å². The van der Waals surface area contributed by atoms with Gasteiger partial charge in [-0.05, 0) is 67.5 Å². The van der Waals surface area contributed by atoms with Crippen LogP contribution < -0.4 is 15.9 Å². The Bertz CT molecular complexity index is 1220. The standard InChI is InChI=1S/C34H45O4PSi/c1-33(2,3)37-32(36)25-28(38-40(7,8)34(4,5)6)24-27(35)26-39(29-18-12-9-13-19-29,30-20-14-10-15-21-30)31-22-16-11-17-23-31/h9-23,26,28H,24-25H2,1-8H3/t28-/m1/s1. The number of carbonyl (C=O) groups excluding carboxylic acids is 2. The second-order valence-electron chi connectivity index (χ2n) is 12.8. The van der Waals surface area contributed by atoms with Gasteiger partial charge in [0, 0.05) is 6.42 Å². The van der Waals surface area contributed by atoms with Gasteiger partial charge in [0.2, 0.25) is 0 Å². The Morgan fingerprint density at radius 2 is 1.12 bits per heavy atom. The van der Waals surface area contributed by atoms with Crippen LogP contribution in [-0.4, -0.2) is 37.6 Å². The summed E-state index contributed by atoms with van der Waals surface area (Å²) in [7, 11) is -2.28. The van der Waals surface area contributed by atoms with Gasteiger partial charge in [-0.3, -0.25) is 9.59 Å². The lowest BCUT2D eigenvalue weighted by Gasteiger charge is -2.39. The van der Waals surface area contributed by atoms with Crippen molar-refractivity contribution in [3.63, 3.8) is 0 Å². The number of Topliss-reactive ketones (excluding diaryl/α,β-unsaturated/α-hetero) is 1. The Balaban J connectivity index is 2.13. The molecule has 3 aromatic rings. The molecule has 0 bridgehead atoms. The zero-order valence-corrected chi connectivity index (χ0v) is 27.2. The fourth-order valence-electron chi connectivity index (χ4n) is 4.47. The van der Waals surface area contributed by atoms with Crippen molar-refractivity contribution in [2.24, 2.45) is 0 Å². The highest BCUT2D eigenvalue weighted by molar-refractivity contribution is 7.95. The van der Waals surface area contributed by atoms with Crippen molar-refractivity contribution >= 4 is 48.7 Å².